The Morgan fingerprint density at radius 3 is 2.50 bits per heavy atom. The molecule has 0 bridgehead atoms. The molecule has 5 nitrogen and oxygen atoms in total. The van der Waals surface area contributed by atoms with Gasteiger partial charge in [-0.05, 0) is 61.4 Å². The van der Waals surface area contributed by atoms with E-state index in [0.29, 0.717) is 6.42 Å². The molecule has 0 unspecified atom stereocenters. The van der Waals surface area contributed by atoms with Gasteiger partial charge in [-0.1, -0.05) is 29.8 Å². The molecule has 0 aliphatic rings. The summed E-state index contributed by atoms with van der Waals surface area (Å²) < 4.78 is 1.87. The smallest absolute Gasteiger partial charge is 0.224 e. The van der Waals surface area contributed by atoms with E-state index >= 15 is 0 Å². The van der Waals surface area contributed by atoms with E-state index in [-0.39, 0.29) is 5.91 Å². The molecule has 0 aliphatic heterocycles. The lowest BCUT2D eigenvalue weighted by atomic mass is 10.1. The van der Waals surface area contributed by atoms with E-state index in [1.54, 1.807) is 6.33 Å². The SMILES string of the molecule is Cc1ccc(CCCC(=O)Nc2ccc(Sc3nncn3C)cc2)cc1. The van der Waals surface area contributed by atoms with E-state index in [0.717, 1.165) is 28.6 Å². The van der Waals surface area contributed by atoms with Crippen LogP contribution in [0.3, 0.4) is 0 Å². The van der Waals surface area contributed by atoms with Gasteiger partial charge < -0.3 is 9.88 Å². The minimum atomic E-state index is 0.0471. The Kier molecular flexibility index (Phi) is 6.07. The monoisotopic (exact) mass is 366 g/mol. The lowest BCUT2D eigenvalue weighted by Crippen LogP contribution is -2.11. The summed E-state index contributed by atoms with van der Waals surface area (Å²) in [7, 11) is 1.91. The molecule has 0 spiro atoms. The Labute approximate surface area is 157 Å². The van der Waals surface area contributed by atoms with Gasteiger partial charge in [0.2, 0.25) is 5.91 Å². The average molecular weight is 366 g/mol. The first kappa shape index (κ1) is 18.2. The van der Waals surface area contributed by atoms with Gasteiger partial charge in [-0.25, -0.2) is 0 Å². The molecule has 134 valence electrons. The quantitative estimate of drug-likeness (QED) is 0.679. The molecule has 0 radical (unpaired) electrons. The highest BCUT2D eigenvalue weighted by atomic mass is 32.2. The van der Waals surface area contributed by atoms with Gasteiger partial charge in [0.05, 0.1) is 0 Å². The van der Waals surface area contributed by atoms with Gasteiger partial charge in [-0.15, -0.1) is 10.2 Å². The van der Waals surface area contributed by atoms with Crippen molar-refractivity contribution in [3.05, 3.63) is 66.0 Å². The highest BCUT2D eigenvalue weighted by Gasteiger charge is 2.06. The zero-order valence-corrected chi connectivity index (χ0v) is 15.8. The van der Waals surface area contributed by atoms with E-state index < -0.39 is 0 Å². The zero-order chi connectivity index (χ0) is 18.4. The van der Waals surface area contributed by atoms with Crippen LogP contribution in [0, 0.1) is 6.92 Å². The zero-order valence-electron chi connectivity index (χ0n) is 15.0. The van der Waals surface area contributed by atoms with Crippen molar-refractivity contribution in [2.24, 2.45) is 7.05 Å². The second-order valence-corrected chi connectivity index (χ2v) is 7.28. The van der Waals surface area contributed by atoms with Crippen LogP contribution in [0.15, 0.2) is 64.9 Å². The third-order valence-electron chi connectivity index (χ3n) is 4.01. The van der Waals surface area contributed by atoms with E-state index in [1.807, 2.05) is 35.9 Å². The van der Waals surface area contributed by atoms with Crippen LogP contribution in [0.2, 0.25) is 0 Å². The van der Waals surface area contributed by atoms with Crippen molar-refractivity contribution in [2.45, 2.75) is 36.2 Å². The molecule has 0 atom stereocenters. The molecular weight excluding hydrogens is 344 g/mol. The van der Waals surface area contributed by atoms with Crippen LogP contribution in [0.4, 0.5) is 5.69 Å². The van der Waals surface area contributed by atoms with Crippen molar-refractivity contribution in [3.8, 4) is 0 Å². The maximum absolute atomic E-state index is 12.1. The van der Waals surface area contributed by atoms with Crippen LogP contribution < -0.4 is 5.32 Å². The standard InChI is InChI=1S/C20H22N4OS/c1-15-6-8-16(9-7-15)4-3-5-19(25)22-17-10-12-18(13-11-17)26-20-23-21-14-24(20)2/h6-14H,3-5H2,1-2H3,(H,22,25). The second-order valence-electron chi connectivity index (χ2n) is 6.24. The van der Waals surface area contributed by atoms with Crippen molar-refractivity contribution in [1.82, 2.24) is 14.8 Å². The van der Waals surface area contributed by atoms with E-state index in [1.165, 1.54) is 22.9 Å². The number of carbonyl (C=O) groups excluding carboxylic acids is 1. The van der Waals surface area contributed by atoms with Crippen molar-refractivity contribution in [3.63, 3.8) is 0 Å². The van der Waals surface area contributed by atoms with Crippen LogP contribution in [0.5, 0.6) is 0 Å². The topological polar surface area (TPSA) is 59.8 Å². The first-order valence-corrected chi connectivity index (χ1v) is 9.39. The fraction of sp³-hybridized carbons (Fsp3) is 0.250. The third-order valence-corrected chi connectivity index (χ3v) is 5.07. The summed E-state index contributed by atoms with van der Waals surface area (Å²) >= 11 is 1.54. The summed E-state index contributed by atoms with van der Waals surface area (Å²) in [5.74, 6) is 0.0471. The summed E-state index contributed by atoms with van der Waals surface area (Å²) in [6.07, 6.45) is 3.95. The molecular formula is C20H22N4OS. The molecule has 3 rings (SSSR count). The van der Waals surface area contributed by atoms with Gasteiger partial charge in [-0.2, -0.15) is 0 Å². The molecule has 0 fully saturated rings. The van der Waals surface area contributed by atoms with E-state index in [9.17, 15) is 4.79 Å². The van der Waals surface area contributed by atoms with Crippen molar-refractivity contribution in [1.29, 1.82) is 0 Å². The number of hydrogen-bond donors (Lipinski definition) is 1. The number of amides is 1. The predicted octanol–water partition coefficient (Wildman–Crippen LogP) is 4.24. The van der Waals surface area contributed by atoms with E-state index in [4.69, 9.17) is 0 Å². The largest absolute Gasteiger partial charge is 0.326 e. The molecule has 0 aliphatic carbocycles. The Morgan fingerprint density at radius 2 is 1.85 bits per heavy atom. The van der Waals surface area contributed by atoms with Crippen molar-refractivity contribution < 1.29 is 4.79 Å². The number of aryl methyl sites for hydroxylation is 3. The molecule has 1 aromatic heterocycles. The van der Waals surface area contributed by atoms with Gasteiger partial charge >= 0.3 is 0 Å². The fourth-order valence-electron chi connectivity index (χ4n) is 2.51. The maximum atomic E-state index is 12.1. The van der Waals surface area contributed by atoms with Gasteiger partial charge in [0.15, 0.2) is 5.16 Å². The first-order valence-electron chi connectivity index (χ1n) is 8.57. The van der Waals surface area contributed by atoms with Crippen LogP contribution in [0.25, 0.3) is 0 Å². The first-order chi connectivity index (χ1) is 12.6. The number of nitrogens with one attached hydrogen (secondary N) is 1. The minimum Gasteiger partial charge on any atom is -0.326 e. The Balaban J connectivity index is 1.45. The molecule has 3 aromatic rings. The lowest BCUT2D eigenvalue weighted by Gasteiger charge is -2.07. The average Bonchev–Trinajstić information content (AvgIpc) is 3.03. The van der Waals surface area contributed by atoms with Gasteiger partial charge in [0.1, 0.15) is 6.33 Å². The molecule has 1 amide bonds. The second kappa shape index (κ2) is 8.67. The molecule has 2 aromatic carbocycles. The summed E-state index contributed by atoms with van der Waals surface area (Å²) in [6, 6.07) is 16.2. The molecule has 6 heteroatoms. The number of benzene rings is 2. The van der Waals surface area contributed by atoms with Crippen LogP contribution >= 0.6 is 11.8 Å². The van der Waals surface area contributed by atoms with Crippen molar-refractivity contribution >= 4 is 23.4 Å². The number of anilines is 1. The molecule has 1 heterocycles. The summed E-state index contributed by atoms with van der Waals surface area (Å²) in [5.41, 5.74) is 3.34. The predicted molar refractivity (Wildman–Crippen MR) is 104 cm³/mol. The van der Waals surface area contributed by atoms with Gasteiger partial charge in [-0.3, -0.25) is 4.79 Å². The molecule has 26 heavy (non-hydrogen) atoms. The third kappa shape index (κ3) is 5.20. The number of aromatic nitrogens is 3. The molecule has 1 N–H and O–H groups in total. The van der Waals surface area contributed by atoms with Crippen molar-refractivity contribution in [2.75, 3.05) is 5.32 Å². The van der Waals surface area contributed by atoms with Crippen LogP contribution in [-0.2, 0) is 18.3 Å². The van der Waals surface area contributed by atoms with Crippen LogP contribution in [0.1, 0.15) is 24.0 Å². The minimum absolute atomic E-state index is 0.0471. The number of hydrogen-bond acceptors (Lipinski definition) is 4. The summed E-state index contributed by atoms with van der Waals surface area (Å²) in [4.78, 5) is 13.2. The fourth-order valence-corrected chi connectivity index (χ4v) is 3.27. The molecule has 0 saturated carbocycles. The summed E-state index contributed by atoms with van der Waals surface area (Å²) in [6.45, 7) is 2.08. The normalized spacial score (nSPS) is 10.7. The van der Waals surface area contributed by atoms with Gasteiger partial charge in [0.25, 0.3) is 0 Å². The number of carbonyl (C=O) groups is 1. The Bertz CT molecular complexity index is 856. The maximum Gasteiger partial charge on any atom is 0.224 e. The van der Waals surface area contributed by atoms with E-state index in [2.05, 4.69) is 46.7 Å². The Morgan fingerprint density at radius 1 is 1.12 bits per heavy atom. The highest BCUT2D eigenvalue weighted by Crippen LogP contribution is 2.26. The number of nitrogens with zero attached hydrogens (tertiary/aromatic N) is 3. The van der Waals surface area contributed by atoms with Crippen LogP contribution in [-0.4, -0.2) is 20.7 Å². The lowest BCUT2D eigenvalue weighted by molar-refractivity contribution is -0.116. The Hall–Kier alpha value is -2.60. The van der Waals surface area contributed by atoms with Gasteiger partial charge in [0, 0.05) is 24.1 Å². The number of rotatable bonds is 7. The highest BCUT2D eigenvalue weighted by molar-refractivity contribution is 7.99. The summed E-state index contributed by atoms with van der Waals surface area (Å²) in [5, 5.41) is 11.7. The molecule has 0 saturated heterocycles.